The molecule has 0 saturated heterocycles. The van der Waals surface area contributed by atoms with Crippen molar-refractivity contribution in [1.29, 1.82) is 0 Å². The molecule has 0 aliphatic heterocycles. The Labute approximate surface area is 57.1 Å². The first kappa shape index (κ1) is 7.07. The van der Waals surface area contributed by atoms with Crippen LogP contribution in [0, 0.1) is 0 Å². The highest BCUT2D eigenvalue weighted by Gasteiger charge is 2.28. The van der Waals surface area contributed by atoms with Gasteiger partial charge in [-0.2, -0.15) is 0 Å². The van der Waals surface area contributed by atoms with Crippen molar-refractivity contribution in [3.05, 3.63) is 0 Å². The molecule has 0 unspecified atom stereocenters. The fraction of sp³-hybridized carbons (Fsp3) is 1.00. The fourth-order valence-electron chi connectivity index (χ4n) is 1.55. The maximum absolute atomic E-state index is 11.5. The molecule has 0 atom stereocenters. The third kappa shape index (κ3) is 1.68. The highest BCUT2D eigenvalue weighted by Crippen LogP contribution is 2.30. The summed E-state index contributed by atoms with van der Waals surface area (Å²) in [6, 6.07) is 0. The van der Waals surface area contributed by atoms with E-state index in [1.54, 1.807) is 0 Å². The number of rotatable bonds is 1. The van der Waals surface area contributed by atoms with Gasteiger partial charge in [-0.3, -0.25) is 0 Å². The van der Waals surface area contributed by atoms with E-state index in [0.29, 0.717) is 0 Å². The van der Waals surface area contributed by atoms with E-state index in [4.69, 9.17) is 0 Å². The molecular weight excluding hydrogens is 112 g/mol. The maximum atomic E-state index is 11.5. The van der Waals surface area contributed by atoms with E-state index < -0.39 is 5.60 Å². The second-order valence-electron chi connectivity index (χ2n) is 3.10. The summed E-state index contributed by atoms with van der Waals surface area (Å²) in [7, 11) is 0. The van der Waals surface area contributed by atoms with E-state index in [1.807, 2.05) is 6.92 Å². The van der Waals surface area contributed by atoms with Crippen molar-refractivity contribution >= 4 is 0 Å². The molecule has 0 bridgehead atoms. The number of hydrogen-bond donors (Lipinski definition) is 0. The van der Waals surface area contributed by atoms with Crippen molar-refractivity contribution in [1.82, 2.24) is 0 Å². The molecule has 1 radical (unpaired) electrons. The molecule has 1 nitrogen and oxygen atoms in total. The minimum absolute atomic E-state index is 0.530. The van der Waals surface area contributed by atoms with Crippen LogP contribution in [0.3, 0.4) is 0 Å². The van der Waals surface area contributed by atoms with Crippen molar-refractivity contribution in [2.24, 2.45) is 0 Å². The Morgan fingerprint density at radius 3 is 2.11 bits per heavy atom. The summed E-state index contributed by atoms with van der Waals surface area (Å²) in [6.45, 7) is 2.01. The summed E-state index contributed by atoms with van der Waals surface area (Å²) >= 11 is 0. The smallest absolute Gasteiger partial charge is 0.103 e. The maximum Gasteiger partial charge on any atom is 0.103 e. The quantitative estimate of drug-likeness (QED) is 0.516. The third-order valence-corrected chi connectivity index (χ3v) is 2.41. The lowest BCUT2D eigenvalue weighted by molar-refractivity contribution is -0.0609. The summed E-state index contributed by atoms with van der Waals surface area (Å²) in [5.41, 5.74) is -0.530. The first-order valence-corrected chi connectivity index (χ1v) is 3.97. The van der Waals surface area contributed by atoms with E-state index in [-0.39, 0.29) is 0 Å². The van der Waals surface area contributed by atoms with Crippen LogP contribution in [0.1, 0.15) is 45.4 Å². The highest BCUT2D eigenvalue weighted by molar-refractivity contribution is 4.79. The van der Waals surface area contributed by atoms with Crippen molar-refractivity contribution in [3.8, 4) is 0 Å². The van der Waals surface area contributed by atoms with Crippen LogP contribution < -0.4 is 0 Å². The van der Waals surface area contributed by atoms with Gasteiger partial charge in [0.2, 0.25) is 0 Å². The van der Waals surface area contributed by atoms with Crippen LogP contribution in [0.4, 0.5) is 0 Å². The summed E-state index contributed by atoms with van der Waals surface area (Å²) in [5, 5.41) is 11.5. The van der Waals surface area contributed by atoms with Crippen LogP contribution in [0.5, 0.6) is 0 Å². The van der Waals surface area contributed by atoms with Crippen LogP contribution >= 0.6 is 0 Å². The molecule has 0 aromatic carbocycles. The largest absolute Gasteiger partial charge is 0.230 e. The SMILES string of the molecule is CCC1([O])CCCCC1. The van der Waals surface area contributed by atoms with Gasteiger partial charge >= 0.3 is 0 Å². The molecule has 0 aromatic rings. The Morgan fingerprint density at radius 2 is 1.78 bits per heavy atom. The molecule has 0 N–H and O–H groups in total. The Balaban J connectivity index is 2.37. The molecule has 0 aromatic heterocycles. The summed E-state index contributed by atoms with van der Waals surface area (Å²) in [5.74, 6) is 0. The van der Waals surface area contributed by atoms with Crippen LogP contribution in [-0.2, 0) is 5.11 Å². The lowest BCUT2D eigenvalue weighted by Crippen LogP contribution is -2.28. The predicted molar refractivity (Wildman–Crippen MR) is 36.8 cm³/mol. The Kier molecular flexibility index (Phi) is 2.12. The second-order valence-corrected chi connectivity index (χ2v) is 3.10. The lowest BCUT2D eigenvalue weighted by Gasteiger charge is -2.27. The molecule has 53 valence electrons. The van der Waals surface area contributed by atoms with Crippen LogP contribution in [0.25, 0.3) is 0 Å². The molecule has 0 spiro atoms. The average Bonchev–Trinajstić information content (AvgIpc) is 1.90. The van der Waals surface area contributed by atoms with E-state index in [1.165, 1.54) is 6.42 Å². The van der Waals surface area contributed by atoms with Gasteiger partial charge in [0.1, 0.15) is 5.60 Å². The zero-order chi connectivity index (χ0) is 6.74. The van der Waals surface area contributed by atoms with Gasteiger partial charge in [-0.05, 0) is 19.3 Å². The lowest BCUT2D eigenvalue weighted by atomic mass is 9.83. The van der Waals surface area contributed by atoms with Crippen molar-refractivity contribution < 1.29 is 5.11 Å². The zero-order valence-corrected chi connectivity index (χ0v) is 6.15. The van der Waals surface area contributed by atoms with Gasteiger partial charge < -0.3 is 0 Å². The van der Waals surface area contributed by atoms with Gasteiger partial charge in [0.15, 0.2) is 0 Å². The van der Waals surface area contributed by atoms with E-state index in [9.17, 15) is 5.11 Å². The van der Waals surface area contributed by atoms with Crippen LogP contribution in [-0.4, -0.2) is 5.60 Å². The fourth-order valence-corrected chi connectivity index (χ4v) is 1.55. The first-order chi connectivity index (χ1) is 4.27. The molecular formula is C8H15O. The van der Waals surface area contributed by atoms with E-state index >= 15 is 0 Å². The molecule has 1 saturated carbocycles. The Hall–Kier alpha value is -0.0400. The summed E-state index contributed by atoms with van der Waals surface area (Å²) in [6.07, 6.45) is 6.28. The summed E-state index contributed by atoms with van der Waals surface area (Å²) in [4.78, 5) is 0. The van der Waals surface area contributed by atoms with Gasteiger partial charge in [-0.25, -0.2) is 5.11 Å². The van der Waals surface area contributed by atoms with E-state index in [0.717, 1.165) is 32.1 Å². The Bertz CT molecular complexity index is 82.6. The van der Waals surface area contributed by atoms with Crippen LogP contribution in [0.15, 0.2) is 0 Å². The number of hydrogen-bond acceptors (Lipinski definition) is 0. The molecule has 1 fully saturated rings. The molecule has 9 heavy (non-hydrogen) atoms. The van der Waals surface area contributed by atoms with Crippen molar-refractivity contribution in [2.75, 3.05) is 0 Å². The van der Waals surface area contributed by atoms with Gasteiger partial charge in [-0.1, -0.05) is 26.2 Å². The average molecular weight is 127 g/mol. The molecule has 0 heterocycles. The van der Waals surface area contributed by atoms with Crippen LogP contribution in [0.2, 0.25) is 0 Å². The van der Waals surface area contributed by atoms with Gasteiger partial charge in [0.25, 0.3) is 0 Å². The highest BCUT2D eigenvalue weighted by atomic mass is 16.3. The first-order valence-electron chi connectivity index (χ1n) is 3.97. The van der Waals surface area contributed by atoms with Gasteiger partial charge in [0.05, 0.1) is 0 Å². The van der Waals surface area contributed by atoms with Crippen molar-refractivity contribution in [2.45, 2.75) is 51.0 Å². The van der Waals surface area contributed by atoms with Gasteiger partial charge in [-0.15, -0.1) is 0 Å². The topological polar surface area (TPSA) is 19.9 Å². The molecule has 1 rings (SSSR count). The molecule has 1 heteroatoms. The molecule has 0 amide bonds. The standard InChI is InChI=1S/C8H15O/c1-2-8(9)6-4-3-5-7-8/h2-7H2,1H3. The second kappa shape index (κ2) is 2.70. The monoisotopic (exact) mass is 127 g/mol. The predicted octanol–water partition coefficient (Wildman–Crippen LogP) is 2.53. The minimum atomic E-state index is -0.530. The Morgan fingerprint density at radius 1 is 1.22 bits per heavy atom. The van der Waals surface area contributed by atoms with Gasteiger partial charge in [0, 0.05) is 0 Å². The van der Waals surface area contributed by atoms with E-state index in [2.05, 4.69) is 0 Å². The third-order valence-electron chi connectivity index (χ3n) is 2.41. The molecule has 1 aliphatic carbocycles. The molecule has 1 aliphatic rings. The summed E-state index contributed by atoms with van der Waals surface area (Å²) < 4.78 is 0. The van der Waals surface area contributed by atoms with Crippen molar-refractivity contribution in [3.63, 3.8) is 0 Å². The normalized spacial score (nSPS) is 26.0. The zero-order valence-electron chi connectivity index (χ0n) is 6.15. The minimum Gasteiger partial charge on any atom is -0.230 e.